The number of sulfonamides is 1. The monoisotopic (exact) mass is 243 g/mol. The highest BCUT2D eigenvalue weighted by atomic mass is 32.2. The number of nitrogens with zero attached hydrogens (tertiary/aromatic N) is 1. The summed E-state index contributed by atoms with van der Waals surface area (Å²) in [4.78, 5) is 3.11. The molecule has 1 atom stereocenters. The van der Waals surface area contributed by atoms with Gasteiger partial charge in [-0.3, -0.25) is 0 Å². The fraction of sp³-hybridized carbons (Fsp3) is 0.600. The zero-order valence-corrected chi connectivity index (χ0v) is 9.91. The van der Waals surface area contributed by atoms with Gasteiger partial charge in [-0.1, -0.05) is 0 Å². The van der Waals surface area contributed by atoms with Crippen LogP contribution in [0.1, 0.15) is 12.8 Å². The number of aromatic amines is 1. The highest BCUT2D eigenvalue weighted by Crippen LogP contribution is 2.22. The summed E-state index contributed by atoms with van der Waals surface area (Å²) in [7, 11) is -3.32. The molecule has 1 aromatic heterocycles. The maximum atomic E-state index is 12.2. The van der Waals surface area contributed by atoms with E-state index < -0.39 is 10.0 Å². The van der Waals surface area contributed by atoms with Crippen LogP contribution in [0.15, 0.2) is 23.4 Å². The number of piperidine rings is 1. The molecule has 2 heterocycles. The van der Waals surface area contributed by atoms with Crippen molar-refractivity contribution in [2.45, 2.75) is 17.7 Å². The highest BCUT2D eigenvalue weighted by Gasteiger charge is 2.29. The van der Waals surface area contributed by atoms with Gasteiger partial charge in [0.25, 0.3) is 0 Å². The summed E-state index contributed by atoms with van der Waals surface area (Å²) >= 11 is 0. The molecule has 0 spiro atoms. The van der Waals surface area contributed by atoms with Gasteiger partial charge in [0.05, 0.1) is 4.90 Å². The van der Waals surface area contributed by atoms with Gasteiger partial charge in [0, 0.05) is 25.5 Å². The topological polar surface area (TPSA) is 79.2 Å². The van der Waals surface area contributed by atoms with Crippen LogP contribution < -0.4 is 5.73 Å². The zero-order valence-electron chi connectivity index (χ0n) is 9.09. The number of H-pyrrole nitrogens is 1. The van der Waals surface area contributed by atoms with Crippen LogP contribution in [0.2, 0.25) is 0 Å². The molecule has 90 valence electrons. The van der Waals surface area contributed by atoms with Gasteiger partial charge in [-0.15, -0.1) is 0 Å². The predicted octanol–water partition coefficient (Wildman–Crippen LogP) is 0.374. The molecule has 1 aliphatic rings. The third-order valence-corrected chi connectivity index (χ3v) is 4.88. The number of hydrogen-bond acceptors (Lipinski definition) is 3. The molecular weight excluding hydrogens is 226 g/mol. The van der Waals surface area contributed by atoms with Crippen LogP contribution in [0.5, 0.6) is 0 Å². The van der Waals surface area contributed by atoms with Gasteiger partial charge < -0.3 is 10.7 Å². The highest BCUT2D eigenvalue weighted by molar-refractivity contribution is 7.89. The van der Waals surface area contributed by atoms with Crippen molar-refractivity contribution in [3.8, 4) is 0 Å². The van der Waals surface area contributed by atoms with Crippen LogP contribution >= 0.6 is 0 Å². The van der Waals surface area contributed by atoms with Crippen LogP contribution in [-0.4, -0.2) is 37.3 Å². The van der Waals surface area contributed by atoms with Gasteiger partial charge in [-0.25, -0.2) is 8.42 Å². The minimum Gasteiger partial charge on any atom is -0.366 e. The van der Waals surface area contributed by atoms with Crippen molar-refractivity contribution in [2.75, 3.05) is 19.6 Å². The first-order valence-electron chi connectivity index (χ1n) is 5.47. The van der Waals surface area contributed by atoms with E-state index in [0.29, 0.717) is 30.4 Å². The van der Waals surface area contributed by atoms with Gasteiger partial charge >= 0.3 is 0 Å². The van der Waals surface area contributed by atoms with Gasteiger partial charge in [0.2, 0.25) is 10.0 Å². The molecule has 0 saturated carbocycles. The Labute approximate surface area is 95.7 Å². The van der Waals surface area contributed by atoms with Crippen LogP contribution in [-0.2, 0) is 10.0 Å². The molecule has 1 aliphatic heterocycles. The molecule has 16 heavy (non-hydrogen) atoms. The third-order valence-electron chi connectivity index (χ3n) is 3.02. The SMILES string of the molecule is NCC1CCCN(S(=O)(=O)c2cc[nH]c2)C1. The zero-order chi connectivity index (χ0) is 11.6. The fourth-order valence-electron chi connectivity index (χ4n) is 2.06. The van der Waals surface area contributed by atoms with Crippen molar-refractivity contribution < 1.29 is 8.42 Å². The lowest BCUT2D eigenvalue weighted by atomic mass is 10.0. The normalized spacial score (nSPS) is 23.4. The molecule has 1 aromatic rings. The van der Waals surface area contributed by atoms with Crippen LogP contribution in [0.4, 0.5) is 0 Å². The van der Waals surface area contributed by atoms with E-state index in [2.05, 4.69) is 4.98 Å². The van der Waals surface area contributed by atoms with Gasteiger partial charge in [0.15, 0.2) is 0 Å². The summed E-state index contributed by atoms with van der Waals surface area (Å²) in [5.41, 5.74) is 5.60. The molecule has 0 aliphatic carbocycles. The second-order valence-electron chi connectivity index (χ2n) is 4.15. The number of rotatable bonds is 3. The van der Waals surface area contributed by atoms with E-state index in [-0.39, 0.29) is 0 Å². The molecule has 1 unspecified atom stereocenters. The lowest BCUT2D eigenvalue weighted by Gasteiger charge is -2.30. The molecule has 1 fully saturated rings. The van der Waals surface area contributed by atoms with Crippen LogP contribution in [0.3, 0.4) is 0 Å². The molecule has 0 aromatic carbocycles. The van der Waals surface area contributed by atoms with E-state index >= 15 is 0 Å². The third kappa shape index (κ3) is 2.14. The quantitative estimate of drug-likeness (QED) is 0.805. The minimum absolute atomic E-state index is 0.294. The molecule has 1 saturated heterocycles. The Morgan fingerprint density at radius 2 is 2.38 bits per heavy atom. The summed E-state index contributed by atoms with van der Waals surface area (Å²) in [6, 6.07) is 1.58. The van der Waals surface area contributed by atoms with Crippen LogP contribution in [0.25, 0.3) is 0 Å². The van der Waals surface area contributed by atoms with Crippen molar-refractivity contribution in [1.82, 2.24) is 9.29 Å². The first kappa shape index (κ1) is 11.6. The van der Waals surface area contributed by atoms with E-state index in [0.717, 1.165) is 12.8 Å². The summed E-state index contributed by atoms with van der Waals surface area (Å²) in [5, 5.41) is 0. The van der Waals surface area contributed by atoms with Crippen molar-refractivity contribution in [3.05, 3.63) is 18.5 Å². The first-order valence-corrected chi connectivity index (χ1v) is 6.91. The lowest BCUT2D eigenvalue weighted by molar-refractivity contribution is 0.271. The summed E-state index contributed by atoms with van der Waals surface area (Å²) in [6.07, 6.45) is 5.06. The predicted molar refractivity (Wildman–Crippen MR) is 61.3 cm³/mol. The van der Waals surface area contributed by atoms with E-state index in [1.165, 1.54) is 10.5 Å². The standard InChI is InChI=1S/C10H17N3O2S/c11-6-9-2-1-5-13(8-9)16(14,15)10-3-4-12-7-10/h3-4,7,9,12H,1-2,5-6,8,11H2. The minimum atomic E-state index is -3.32. The molecule has 5 nitrogen and oxygen atoms in total. The maximum absolute atomic E-state index is 12.2. The van der Waals surface area contributed by atoms with Gasteiger partial charge in [-0.05, 0) is 31.4 Å². The molecule has 0 bridgehead atoms. The van der Waals surface area contributed by atoms with E-state index in [1.54, 1.807) is 12.3 Å². The molecular formula is C10H17N3O2S. The number of nitrogens with one attached hydrogen (secondary N) is 1. The smallest absolute Gasteiger partial charge is 0.244 e. The molecule has 6 heteroatoms. The van der Waals surface area contributed by atoms with Crippen molar-refractivity contribution in [1.29, 1.82) is 0 Å². The van der Waals surface area contributed by atoms with E-state index in [9.17, 15) is 8.42 Å². The van der Waals surface area contributed by atoms with Crippen LogP contribution in [0, 0.1) is 5.92 Å². The Hall–Kier alpha value is -0.850. The summed E-state index contributed by atoms with van der Waals surface area (Å²) < 4.78 is 25.9. The largest absolute Gasteiger partial charge is 0.366 e. The van der Waals surface area contributed by atoms with Gasteiger partial charge in [0.1, 0.15) is 0 Å². The van der Waals surface area contributed by atoms with Crippen molar-refractivity contribution in [2.24, 2.45) is 11.7 Å². The van der Waals surface area contributed by atoms with E-state index in [4.69, 9.17) is 5.73 Å². The molecule has 0 radical (unpaired) electrons. The average molecular weight is 243 g/mol. The summed E-state index contributed by atoms with van der Waals surface area (Å²) in [5.74, 6) is 0.294. The molecule has 3 N–H and O–H groups in total. The average Bonchev–Trinajstić information content (AvgIpc) is 2.83. The Kier molecular flexibility index (Phi) is 3.32. The van der Waals surface area contributed by atoms with E-state index in [1.807, 2.05) is 0 Å². The second-order valence-corrected chi connectivity index (χ2v) is 6.09. The first-order chi connectivity index (χ1) is 7.64. The second kappa shape index (κ2) is 4.57. The fourth-order valence-corrected chi connectivity index (χ4v) is 3.59. The van der Waals surface area contributed by atoms with Gasteiger partial charge in [-0.2, -0.15) is 4.31 Å². The Morgan fingerprint density at radius 3 is 3.00 bits per heavy atom. The number of aromatic nitrogens is 1. The number of hydrogen-bond donors (Lipinski definition) is 2. The van der Waals surface area contributed by atoms with Crippen molar-refractivity contribution in [3.63, 3.8) is 0 Å². The summed E-state index contributed by atoms with van der Waals surface area (Å²) in [6.45, 7) is 1.70. The Balaban J connectivity index is 2.18. The molecule has 2 rings (SSSR count). The van der Waals surface area contributed by atoms with Crippen molar-refractivity contribution >= 4 is 10.0 Å². The number of nitrogens with two attached hydrogens (primary N) is 1. The lowest BCUT2D eigenvalue weighted by Crippen LogP contribution is -2.41. The Morgan fingerprint density at radius 1 is 1.56 bits per heavy atom. The molecule has 0 amide bonds. The Bertz CT molecular complexity index is 427. The maximum Gasteiger partial charge on any atom is 0.244 e.